The van der Waals surface area contributed by atoms with Crippen LogP contribution in [-0.2, 0) is 10.9 Å². The van der Waals surface area contributed by atoms with Gasteiger partial charge in [-0.05, 0) is 25.1 Å². The van der Waals surface area contributed by atoms with Crippen molar-refractivity contribution in [1.82, 2.24) is 9.96 Å². The van der Waals surface area contributed by atoms with E-state index in [-0.39, 0.29) is 29.8 Å². The zero-order chi connectivity index (χ0) is 26.9. The van der Waals surface area contributed by atoms with Gasteiger partial charge in [0.05, 0.1) is 18.7 Å². The number of rotatable bonds is 4. The number of halogens is 3. The zero-order valence-corrected chi connectivity index (χ0v) is 19.3. The van der Waals surface area contributed by atoms with E-state index in [9.17, 15) is 33.4 Å². The standard InChI is InChI=1S/C22H23F3N6O6/c1-20(34)15(8-30-18(26)28-12(9-32)16-21(20,30)31(35)19(27)29-16)37-17(33)14-7-6-13(36-14)10-4-2-3-5-11(10)22(23,24)25/h2-7,12,15-16,32,34-35H,8-9H2,1H3,(H2,26,28)(H2,27,29). The Morgan fingerprint density at radius 1 is 1.22 bits per heavy atom. The fourth-order valence-electron chi connectivity index (χ4n) is 5.32. The van der Waals surface area contributed by atoms with Crippen molar-refractivity contribution in [3.05, 3.63) is 47.7 Å². The fraction of sp³-hybridized carbons (Fsp3) is 0.409. The number of aliphatic hydroxyl groups is 2. The normalized spacial score (nSPS) is 31.1. The number of aliphatic hydroxyl groups excluding tert-OH is 1. The zero-order valence-electron chi connectivity index (χ0n) is 19.3. The van der Waals surface area contributed by atoms with Gasteiger partial charge in [-0.1, -0.05) is 18.2 Å². The number of esters is 1. The third-order valence-corrected chi connectivity index (χ3v) is 7.04. The summed E-state index contributed by atoms with van der Waals surface area (Å²) in [7, 11) is 0. The Morgan fingerprint density at radius 3 is 2.59 bits per heavy atom. The first kappa shape index (κ1) is 24.9. The second-order valence-electron chi connectivity index (χ2n) is 9.07. The molecule has 1 spiro atoms. The van der Waals surface area contributed by atoms with Gasteiger partial charge in [-0.25, -0.2) is 14.8 Å². The predicted octanol–water partition coefficient (Wildman–Crippen LogP) is 0.331. The first-order valence-corrected chi connectivity index (χ1v) is 11.1. The van der Waals surface area contributed by atoms with Crippen LogP contribution in [0.5, 0.6) is 0 Å². The summed E-state index contributed by atoms with van der Waals surface area (Å²) in [5.74, 6) is -2.25. The summed E-state index contributed by atoms with van der Waals surface area (Å²) in [5.41, 5.74) is 6.72. The van der Waals surface area contributed by atoms with Crippen molar-refractivity contribution in [2.75, 3.05) is 13.2 Å². The number of aliphatic imine (C=N–C) groups is 2. The summed E-state index contributed by atoms with van der Waals surface area (Å²) in [5, 5.41) is 32.8. The Bertz CT molecular complexity index is 1310. The largest absolute Gasteiger partial charge is 0.451 e. The molecule has 2 aromatic rings. The van der Waals surface area contributed by atoms with Crippen molar-refractivity contribution in [3.63, 3.8) is 0 Å². The number of benzene rings is 1. The fourth-order valence-corrected chi connectivity index (χ4v) is 5.32. The van der Waals surface area contributed by atoms with E-state index >= 15 is 0 Å². The second-order valence-corrected chi connectivity index (χ2v) is 9.07. The Labute approximate surface area is 207 Å². The van der Waals surface area contributed by atoms with Crippen molar-refractivity contribution in [2.24, 2.45) is 21.5 Å². The molecule has 37 heavy (non-hydrogen) atoms. The van der Waals surface area contributed by atoms with Gasteiger partial charge in [0.1, 0.15) is 23.4 Å². The van der Waals surface area contributed by atoms with Crippen molar-refractivity contribution < 1.29 is 42.5 Å². The predicted molar refractivity (Wildman–Crippen MR) is 120 cm³/mol. The molecule has 1 aromatic heterocycles. The van der Waals surface area contributed by atoms with Gasteiger partial charge >= 0.3 is 12.1 Å². The monoisotopic (exact) mass is 524 g/mol. The molecule has 5 atom stereocenters. The average Bonchev–Trinajstić information content (AvgIpc) is 3.49. The average molecular weight is 524 g/mol. The number of hydrogen-bond acceptors (Lipinski definition) is 12. The minimum atomic E-state index is -4.65. The molecule has 5 unspecified atom stereocenters. The number of hydroxylamine groups is 2. The molecule has 1 fully saturated rings. The van der Waals surface area contributed by atoms with Crippen molar-refractivity contribution >= 4 is 17.9 Å². The number of ether oxygens (including phenoxy) is 1. The molecule has 3 aliphatic rings. The van der Waals surface area contributed by atoms with Gasteiger partial charge in [-0.3, -0.25) is 5.21 Å². The molecule has 15 heteroatoms. The van der Waals surface area contributed by atoms with Gasteiger partial charge in [0.15, 0.2) is 12.1 Å². The van der Waals surface area contributed by atoms with E-state index in [4.69, 9.17) is 20.6 Å². The van der Waals surface area contributed by atoms with Gasteiger partial charge in [0, 0.05) is 5.56 Å². The maximum absolute atomic E-state index is 13.4. The highest BCUT2D eigenvalue weighted by molar-refractivity contribution is 5.89. The molecule has 1 aromatic carbocycles. The van der Waals surface area contributed by atoms with Crippen LogP contribution in [0.2, 0.25) is 0 Å². The van der Waals surface area contributed by atoms with Crippen LogP contribution in [0.3, 0.4) is 0 Å². The number of carbonyl (C=O) groups excluding carboxylic acids is 1. The molecular formula is C22H23F3N6O6. The summed E-state index contributed by atoms with van der Waals surface area (Å²) in [6.07, 6.45) is -6.01. The molecule has 0 amide bonds. The van der Waals surface area contributed by atoms with E-state index in [0.717, 1.165) is 12.1 Å². The summed E-state index contributed by atoms with van der Waals surface area (Å²) in [6.45, 7) is 0.489. The van der Waals surface area contributed by atoms with E-state index < -0.39 is 59.5 Å². The Kier molecular flexibility index (Phi) is 5.44. The second kappa shape index (κ2) is 8.09. The minimum Gasteiger partial charge on any atom is -0.451 e. The Hall–Kier alpha value is -3.82. The summed E-state index contributed by atoms with van der Waals surface area (Å²) in [6, 6.07) is 5.02. The Morgan fingerprint density at radius 2 is 1.92 bits per heavy atom. The molecule has 0 radical (unpaired) electrons. The lowest BCUT2D eigenvalue weighted by atomic mass is 9.79. The number of hydrogen-bond donors (Lipinski definition) is 5. The third-order valence-electron chi connectivity index (χ3n) is 7.04. The van der Waals surface area contributed by atoms with Crippen LogP contribution in [-0.4, -0.2) is 85.9 Å². The highest BCUT2D eigenvalue weighted by Crippen LogP contribution is 2.50. The summed E-state index contributed by atoms with van der Waals surface area (Å²) in [4.78, 5) is 22.5. The maximum atomic E-state index is 13.4. The molecule has 0 aliphatic carbocycles. The van der Waals surface area contributed by atoms with Gasteiger partial charge in [-0.15, -0.1) is 0 Å². The van der Waals surface area contributed by atoms with Crippen LogP contribution in [0.4, 0.5) is 13.2 Å². The lowest BCUT2D eigenvalue weighted by molar-refractivity contribution is -0.228. The number of alkyl halides is 3. The van der Waals surface area contributed by atoms with Crippen molar-refractivity contribution in [2.45, 2.75) is 42.6 Å². The quantitative estimate of drug-likeness (QED) is 0.349. The SMILES string of the molecule is CC1(O)C(OC(=O)c2ccc(-c3ccccc3C(F)(F)F)o2)CN2C(N)=NC(CO)C3N=C(N)N(O)C321. The van der Waals surface area contributed by atoms with E-state index in [1.54, 1.807) is 0 Å². The third kappa shape index (κ3) is 3.38. The number of carbonyl (C=O) groups is 1. The molecule has 4 heterocycles. The molecular weight excluding hydrogens is 501 g/mol. The number of nitrogens with zero attached hydrogens (tertiary/aromatic N) is 4. The van der Waals surface area contributed by atoms with E-state index in [1.165, 1.54) is 36.1 Å². The molecule has 0 bridgehead atoms. The van der Waals surface area contributed by atoms with Crippen LogP contribution in [0.15, 0.2) is 50.8 Å². The number of guanidine groups is 2. The molecule has 3 aliphatic heterocycles. The lowest BCUT2D eigenvalue weighted by Gasteiger charge is -2.51. The number of nitrogens with two attached hydrogens (primary N) is 2. The topological polar surface area (TPSA) is 183 Å². The number of furan rings is 1. The lowest BCUT2D eigenvalue weighted by Crippen LogP contribution is -2.76. The highest BCUT2D eigenvalue weighted by atomic mass is 19.4. The molecule has 198 valence electrons. The van der Waals surface area contributed by atoms with E-state index in [0.29, 0.717) is 5.06 Å². The molecule has 5 rings (SSSR count). The first-order chi connectivity index (χ1) is 17.3. The smallest absolute Gasteiger partial charge is 0.417 e. The van der Waals surface area contributed by atoms with Gasteiger partial charge in [0.2, 0.25) is 17.4 Å². The van der Waals surface area contributed by atoms with Crippen molar-refractivity contribution in [3.8, 4) is 11.3 Å². The Balaban J connectivity index is 1.45. The van der Waals surface area contributed by atoms with Gasteiger partial charge in [-0.2, -0.15) is 18.2 Å². The van der Waals surface area contributed by atoms with Crippen LogP contribution < -0.4 is 11.5 Å². The van der Waals surface area contributed by atoms with Crippen LogP contribution in [0.1, 0.15) is 23.0 Å². The van der Waals surface area contributed by atoms with Crippen LogP contribution in [0, 0.1) is 0 Å². The van der Waals surface area contributed by atoms with E-state index in [1.807, 2.05) is 0 Å². The van der Waals surface area contributed by atoms with E-state index in [2.05, 4.69) is 9.98 Å². The van der Waals surface area contributed by atoms with Crippen LogP contribution in [0.25, 0.3) is 11.3 Å². The van der Waals surface area contributed by atoms with Gasteiger partial charge in [0.25, 0.3) is 0 Å². The molecule has 7 N–H and O–H groups in total. The first-order valence-electron chi connectivity index (χ1n) is 11.1. The maximum Gasteiger partial charge on any atom is 0.417 e. The summed E-state index contributed by atoms with van der Waals surface area (Å²) < 4.78 is 51.1. The van der Waals surface area contributed by atoms with Crippen LogP contribution >= 0.6 is 0 Å². The highest BCUT2D eigenvalue weighted by Gasteiger charge is 2.75. The minimum absolute atomic E-state index is 0.165. The molecule has 12 nitrogen and oxygen atoms in total. The van der Waals surface area contributed by atoms with Crippen molar-refractivity contribution in [1.29, 1.82) is 0 Å². The van der Waals surface area contributed by atoms with Gasteiger partial charge < -0.3 is 35.7 Å². The molecule has 1 saturated heterocycles. The molecule has 0 saturated carbocycles. The summed E-state index contributed by atoms with van der Waals surface area (Å²) >= 11 is 0.